The third-order valence-electron chi connectivity index (χ3n) is 2.13. The molecular weight excluding hydrogens is 240 g/mol. The molecule has 1 aromatic rings. The number of esters is 1. The highest BCUT2D eigenvalue weighted by Crippen LogP contribution is 2.23. The molecule has 18 heavy (non-hydrogen) atoms. The number of aromatic nitrogens is 2. The lowest BCUT2D eigenvalue weighted by molar-refractivity contribution is -0.137. The van der Waals surface area contributed by atoms with E-state index in [1.165, 1.54) is 6.08 Å². The lowest BCUT2D eigenvalue weighted by atomic mass is 10.3. The van der Waals surface area contributed by atoms with E-state index in [1.54, 1.807) is 6.92 Å². The zero-order valence-electron chi connectivity index (χ0n) is 9.65. The predicted octanol–water partition coefficient (Wildman–Crippen LogP) is -0.397. The van der Waals surface area contributed by atoms with Crippen molar-refractivity contribution in [3.05, 3.63) is 22.1 Å². The normalized spacial score (nSPS) is 15.5. The monoisotopic (exact) mass is 252 g/mol. The molecule has 2 rings (SSSR count). The van der Waals surface area contributed by atoms with Gasteiger partial charge < -0.3 is 20.5 Å². The Hall–Kier alpha value is -2.51. The van der Waals surface area contributed by atoms with Crippen LogP contribution < -0.4 is 21.3 Å². The number of rotatable bonds is 2. The highest BCUT2D eigenvalue weighted by atomic mass is 16.5. The van der Waals surface area contributed by atoms with Gasteiger partial charge in [-0.2, -0.15) is 4.98 Å². The smallest absolute Gasteiger partial charge is 0.332 e. The molecule has 0 spiro atoms. The van der Waals surface area contributed by atoms with E-state index in [0.29, 0.717) is 5.70 Å². The average Bonchev–Trinajstić information content (AvgIpc) is 2.30. The lowest BCUT2D eigenvalue weighted by Gasteiger charge is -2.19. The predicted molar refractivity (Wildman–Crippen MR) is 63.1 cm³/mol. The van der Waals surface area contributed by atoms with Gasteiger partial charge >= 0.3 is 5.97 Å². The highest BCUT2D eigenvalue weighted by Gasteiger charge is 2.19. The number of carbonyl (C=O) groups is 1. The second kappa shape index (κ2) is 4.78. The van der Waals surface area contributed by atoms with Crippen molar-refractivity contribution >= 4 is 17.6 Å². The van der Waals surface area contributed by atoms with Gasteiger partial charge in [-0.05, 0) is 6.92 Å². The van der Waals surface area contributed by atoms with E-state index < -0.39 is 11.5 Å². The summed E-state index contributed by atoms with van der Waals surface area (Å²) in [4.78, 5) is 29.0. The van der Waals surface area contributed by atoms with E-state index in [-0.39, 0.29) is 30.7 Å². The topological polar surface area (TPSA) is 119 Å². The van der Waals surface area contributed by atoms with Gasteiger partial charge in [0.2, 0.25) is 11.8 Å². The van der Waals surface area contributed by atoms with Crippen LogP contribution in [0.15, 0.2) is 16.6 Å². The molecule has 0 fully saturated rings. The quantitative estimate of drug-likeness (QED) is 0.484. The zero-order chi connectivity index (χ0) is 13.1. The van der Waals surface area contributed by atoms with Gasteiger partial charge in [-0.25, -0.2) is 4.79 Å². The molecule has 0 radical (unpaired) electrons. The van der Waals surface area contributed by atoms with E-state index >= 15 is 0 Å². The maximum Gasteiger partial charge on any atom is 0.332 e. The third-order valence-corrected chi connectivity index (χ3v) is 2.13. The molecule has 8 nitrogen and oxygen atoms in total. The molecule has 0 saturated heterocycles. The maximum atomic E-state index is 11.6. The first-order chi connectivity index (χ1) is 8.60. The molecule has 0 aliphatic carbocycles. The minimum Gasteiger partial charge on any atom is -0.470 e. The number of carbonyl (C=O) groups excluding carboxylic acids is 1. The number of fused-ring (bicyclic) bond motifs is 1. The summed E-state index contributed by atoms with van der Waals surface area (Å²) in [6.45, 7) is 2.06. The fraction of sp³-hybridized carbons (Fsp3) is 0.300. The van der Waals surface area contributed by atoms with Gasteiger partial charge in [-0.1, -0.05) is 0 Å². The van der Waals surface area contributed by atoms with Gasteiger partial charge in [0.1, 0.15) is 6.61 Å². The molecule has 0 saturated carbocycles. The summed E-state index contributed by atoms with van der Waals surface area (Å²) in [6, 6.07) is 0. The number of anilines is 2. The molecule has 2 heterocycles. The second-order valence-corrected chi connectivity index (χ2v) is 3.47. The van der Waals surface area contributed by atoms with Crippen LogP contribution in [0, 0.1) is 0 Å². The van der Waals surface area contributed by atoms with Crippen molar-refractivity contribution in [1.82, 2.24) is 9.97 Å². The Balaban J connectivity index is 2.25. The molecule has 4 N–H and O–H groups in total. The molecule has 0 atom stereocenters. The number of hydrogen-bond donors (Lipinski definition) is 3. The Morgan fingerprint density at radius 2 is 2.44 bits per heavy atom. The Kier molecular flexibility index (Phi) is 3.18. The minimum absolute atomic E-state index is 0.0293. The Morgan fingerprint density at radius 1 is 1.67 bits per heavy atom. The van der Waals surface area contributed by atoms with Crippen LogP contribution >= 0.6 is 0 Å². The summed E-state index contributed by atoms with van der Waals surface area (Å²) in [5, 5.41) is 2.76. The third kappa shape index (κ3) is 2.42. The molecule has 96 valence electrons. The summed E-state index contributed by atoms with van der Waals surface area (Å²) in [6.07, 6.45) is 1.22. The number of H-pyrrole nitrogens is 1. The number of aromatic amines is 1. The number of hydrogen-bond acceptors (Lipinski definition) is 7. The summed E-state index contributed by atoms with van der Waals surface area (Å²) < 4.78 is 9.98. The molecule has 1 aromatic heterocycles. The fourth-order valence-electron chi connectivity index (χ4n) is 1.43. The second-order valence-electron chi connectivity index (χ2n) is 3.47. The maximum absolute atomic E-state index is 11.6. The van der Waals surface area contributed by atoms with Crippen molar-refractivity contribution < 1.29 is 14.3 Å². The van der Waals surface area contributed by atoms with Crippen LogP contribution in [0.3, 0.4) is 0 Å². The van der Waals surface area contributed by atoms with E-state index in [2.05, 4.69) is 15.3 Å². The van der Waals surface area contributed by atoms with Crippen molar-refractivity contribution in [2.45, 2.75) is 6.92 Å². The van der Waals surface area contributed by atoms with Crippen LogP contribution in [0.25, 0.3) is 0 Å². The van der Waals surface area contributed by atoms with Gasteiger partial charge in [0.25, 0.3) is 5.56 Å². The molecule has 8 heteroatoms. The van der Waals surface area contributed by atoms with Crippen LogP contribution in [0.5, 0.6) is 5.88 Å². The number of nitrogen functional groups attached to an aromatic ring is 1. The van der Waals surface area contributed by atoms with E-state index in [9.17, 15) is 9.59 Å². The van der Waals surface area contributed by atoms with Gasteiger partial charge in [0.15, 0.2) is 5.69 Å². The summed E-state index contributed by atoms with van der Waals surface area (Å²) in [5.74, 6) is -0.428. The minimum atomic E-state index is -0.508. The van der Waals surface area contributed by atoms with Gasteiger partial charge in [-0.3, -0.25) is 9.78 Å². The molecule has 0 unspecified atom stereocenters. The zero-order valence-corrected chi connectivity index (χ0v) is 9.65. The average molecular weight is 252 g/mol. The van der Waals surface area contributed by atoms with E-state index in [4.69, 9.17) is 15.2 Å². The molecule has 0 amide bonds. The highest BCUT2D eigenvalue weighted by molar-refractivity contribution is 5.84. The SMILES string of the molecule is CCOC(=O)/C=C1\COc2nc(N)[nH]c(=O)c2N1. The number of nitrogens with one attached hydrogen (secondary N) is 2. The van der Waals surface area contributed by atoms with Crippen molar-refractivity contribution in [3.8, 4) is 5.88 Å². The van der Waals surface area contributed by atoms with E-state index in [1.807, 2.05) is 0 Å². The van der Waals surface area contributed by atoms with Crippen molar-refractivity contribution in [2.75, 3.05) is 24.3 Å². The lowest BCUT2D eigenvalue weighted by Crippen LogP contribution is -2.26. The van der Waals surface area contributed by atoms with Gasteiger partial charge in [0, 0.05) is 6.08 Å². The first-order valence-electron chi connectivity index (χ1n) is 5.27. The summed E-state index contributed by atoms with van der Waals surface area (Å²) in [7, 11) is 0. The van der Waals surface area contributed by atoms with Crippen LogP contribution in [0.4, 0.5) is 11.6 Å². The van der Waals surface area contributed by atoms with E-state index in [0.717, 1.165) is 0 Å². The van der Waals surface area contributed by atoms with Crippen molar-refractivity contribution in [3.63, 3.8) is 0 Å². The molecule has 0 bridgehead atoms. The standard InChI is InChI=1S/C10H12N4O4/c1-2-17-6(15)3-5-4-18-9-7(12-5)8(16)13-10(11)14-9/h3,12H,2,4H2,1H3,(H3,11,13,14,16)/b5-3+. The number of ether oxygens (including phenoxy) is 2. The first kappa shape index (κ1) is 12.0. The Labute approximate surface area is 102 Å². The van der Waals surface area contributed by atoms with Crippen molar-refractivity contribution in [1.29, 1.82) is 0 Å². The number of nitrogens with two attached hydrogens (primary N) is 1. The number of nitrogens with zero attached hydrogens (tertiary/aromatic N) is 1. The summed E-state index contributed by atoms with van der Waals surface area (Å²) >= 11 is 0. The fourth-order valence-corrected chi connectivity index (χ4v) is 1.43. The molecular formula is C10H12N4O4. The largest absolute Gasteiger partial charge is 0.470 e. The van der Waals surface area contributed by atoms with Crippen LogP contribution in [-0.4, -0.2) is 29.2 Å². The van der Waals surface area contributed by atoms with Gasteiger partial charge in [-0.15, -0.1) is 0 Å². The van der Waals surface area contributed by atoms with Gasteiger partial charge in [0.05, 0.1) is 12.3 Å². The molecule has 1 aliphatic heterocycles. The summed E-state index contributed by atoms with van der Waals surface area (Å²) in [5.41, 5.74) is 5.44. The van der Waals surface area contributed by atoms with Crippen molar-refractivity contribution in [2.24, 2.45) is 0 Å². The van der Waals surface area contributed by atoms with Crippen LogP contribution in [-0.2, 0) is 9.53 Å². The molecule has 1 aliphatic rings. The first-order valence-corrected chi connectivity index (χ1v) is 5.27. The van der Waals surface area contributed by atoms with Crippen LogP contribution in [0.2, 0.25) is 0 Å². The van der Waals surface area contributed by atoms with Crippen LogP contribution in [0.1, 0.15) is 6.92 Å². The Morgan fingerprint density at radius 3 is 3.17 bits per heavy atom. The molecule has 0 aromatic carbocycles. The Bertz CT molecular complexity index is 563.